The van der Waals surface area contributed by atoms with Crippen LogP contribution in [0.15, 0.2) is 83.0 Å². The molecule has 3 aromatic carbocycles. The van der Waals surface area contributed by atoms with E-state index in [0.29, 0.717) is 19.4 Å². The number of hydrogen-bond donors (Lipinski definition) is 0. The second-order valence-electron chi connectivity index (χ2n) is 11.1. The van der Waals surface area contributed by atoms with Crippen LogP contribution >= 0.6 is 0 Å². The van der Waals surface area contributed by atoms with Gasteiger partial charge in [-0.1, -0.05) is 74.7 Å². The Bertz CT molecular complexity index is 1390. The summed E-state index contributed by atoms with van der Waals surface area (Å²) in [6.07, 6.45) is 3.22. The molecule has 0 fully saturated rings. The molecule has 42 heavy (non-hydrogen) atoms. The van der Waals surface area contributed by atoms with Gasteiger partial charge >= 0.3 is 0 Å². The zero-order valence-electron chi connectivity index (χ0n) is 25.2. The van der Waals surface area contributed by atoms with Crippen LogP contribution in [0.25, 0.3) is 0 Å². The second-order valence-corrected chi connectivity index (χ2v) is 11.1. The highest BCUT2D eigenvalue weighted by atomic mass is 16.5. The van der Waals surface area contributed by atoms with Crippen molar-refractivity contribution in [3.8, 4) is 5.75 Å². The number of hydrogen-bond acceptors (Lipinski definition) is 5. The van der Waals surface area contributed by atoms with E-state index in [-0.39, 0.29) is 11.8 Å². The van der Waals surface area contributed by atoms with Crippen molar-refractivity contribution in [2.75, 3.05) is 16.6 Å². The lowest BCUT2D eigenvalue weighted by atomic mass is 9.71. The van der Waals surface area contributed by atoms with Crippen molar-refractivity contribution in [2.45, 2.75) is 66.2 Å². The van der Waals surface area contributed by atoms with Gasteiger partial charge in [-0.3, -0.25) is 9.59 Å². The van der Waals surface area contributed by atoms with Crippen molar-refractivity contribution >= 4 is 34.6 Å². The molecule has 0 aromatic heterocycles. The molecule has 3 aromatic rings. The quantitative estimate of drug-likeness (QED) is 0.227. The van der Waals surface area contributed by atoms with E-state index in [1.165, 1.54) is 10.0 Å². The number of carbonyl (C=O) groups is 2. The summed E-state index contributed by atoms with van der Waals surface area (Å²) in [5.41, 5.74) is 6.10. The average molecular weight is 565 g/mol. The molecular weight excluding hydrogens is 524 g/mol. The molecule has 0 aliphatic carbocycles. The van der Waals surface area contributed by atoms with Gasteiger partial charge in [-0.05, 0) is 75.1 Å². The molecular formula is C35H40N4O3. The first-order valence-electron chi connectivity index (χ1n) is 15.0. The normalized spacial score (nSPS) is 19.3. The number of amides is 2. The minimum Gasteiger partial charge on any atom is -0.494 e. The summed E-state index contributed by atoms with van der Waals surface area (Å²) >= 11 is 0. The highest BCUT2D eigenvalue weighted by molar-refractivity contribution is 6.20. The number of benzene rings is 3. The Morgan fingerprint density at radius 3 is 1.55 bits per heavy atom. The molecule has 5 rings (SSSR count). The van der Waals surface area contributed by atoms with Crippen LogP contribution in [0, 0.1) is 25.7 Å². The number of ether oxygens (including phenoxy) is 1. The third kappa shape index (κ3) is 5.73. The van der Waals surface area contributed by atoms with Crippen molar-refractivity contribution < 1.29 is 14.3 Å². The van der Waals surface area contributed by atoms with Crippen molar-refractivity contribution in [1.29, 1.82) is 0 Å². The van der Waals surface area contributed by atoms with E-state index < -0.39 is 17.8 Å². The predicted octanol–water partition coefficient (Wildman–Crippen LogP) is 7.42. The van der Waals surface area contributed by atoms with E-state index >= 15 is 0 Å². The number of carbonyl (C=O) groups excluding carboxylic acids is 2. The number of anilines is 2. The van der Waals surface area contributed by atoms with Gasteiger partial charge in [0.05, 0.1) is 41.2 Å². The summed E-state index contributed by atoms with van der Waals surface area (Å²) in [6.45, 7) is 10.8. The van der Waals surface area contributed by atoms with Gasteiger partial charge in [-0.15, -0.1) is 0 Å². The summed E-state index contributed by atoms with van der Waals surface area (Å²) in [5, 5.41) is 12.7. The third-order valence-corrected chi connectivity index (χ3v) is 8.16. The smallest absolute Gasteiger partial charge is 0.256 e. The topological polar surface area (TPSA) is 74.6 Å². The first-order chi connectivity index (χ1) is 20.4. The summed E-state index contributed by atoms with van der Waals surface area (Å²) in [6, 6.07) is 23.5. The molecule has 2 atom stereocenters. The van der Waals surface area contributed by atoms with E-state index in [1.54, 1.807) is 0 Å². The lowest BCUT2D eigenvalue weighted by molar-refractivity contribution is -0.122. The Kier molecular flexibility index (Phi) is 8.86. The van der Waals surface area contributed by atoms with Gasteiger partial charge < -0.3 is 4.74 Å². The fourth-order valence-corrected chi connectivity index (χ4v) is 5.77. The molecule has 0 N–H and O–H groups in total. The molecule has 0 saturated heterocycles. The number of rotatable bonds is 11. The van der Waals surface area contributed by atoms with Gasteiger partial charge in [0.15, 0.2) is 0 Å². The minimum atomic E-state index is -0.605. The van der Waals surface area contributed by atoms with Crippen LogP contribution in [0.1, 0.15) is 69.1 Å². The van der Waals surface area contributed by atoms with Crippen LogP contribution in [0.5, 0.6) is 5.75 Å². The average Bonchev–Trinajstić information content (AvgIpc) is 3.51. The monoisotopic (exact) mass is 564 g/mol. The summed E-state index contributed by atoms with van der Waals surface area (Å²) in [4.78, 5) is 28.6. The molecule has 2 aliphatic rings. The molecule has 0 spiro atoms. The summed E-state index contributed by atoms with van der Waals surface area (Å²) in [7, 11) is 0. The molecule has 2 heterocycles. The minimum absolute atomic E-state index is 0.124. The number of unbranched alkanes of at least 4 members (excludes halogenated alkanes) is 1. The van der Waals surface area contributed by atoms with Gasteiger partial charge in [0.25, 0.3) is 11.8 Å². The van der Waals surface area contributed by atoms with Gasteiger partial charge in [-0.2, -0.15) is 10.2 Å². The molecule has 7 heteroatoms. The second kappa shape index (κ2) is 12.7. The van der Waals surface area contributed by atoms with Crippen LogP contribution < -0.4 is 14.8 Å². The van der Waals surface area contributed by atoms with Crippen molar-refractivity contribution in [2.24, 2.45) is 22.0 Å². The fraction of sp³-hybridized carbons (Fsp3) is 0.371. The Morgan fingerprint density at radius 2 is 1.14 bits per heavy atom. The summed E-state index contributed by atoms with van der Waals surface area (Å²) in [5.74, 6) is -1.16. The molecule has 0 radical (unpaired) electrons. The Labute approximate surface area is 248 Å². The SMILES string of the molecule is CCCCOc1ccc(C(C2C(=O)N(c3ccc(C)cc3)N=C2CC)C2C(=O)N(c3ccc(C)cc3)N=C2CC)cc1. The van der Waals surface area contributed by atoms with Gasteiger partial charge in [-0.25, -0.2) is 10.0 Å². The van der Waals surface area contributed by atoms with Gasteiger partial charge in [0.1, 0.15) is 5.75 Å². The lowest BCUT2D eigenvalue weighted by Gasteiger charge is -2.29. The Hall–Kier alpha value is -4.26. The molecule has 0 bridgehead atoms. The molecule has 2 unspecified atom stereocenters. The van der Waals surface area contributed by atoms with E-state index in [9.17, 15) is 9.59 Å². The lowest BCUT2D eigenvalue weighted by Crippen LogP contribution is -2.40. The zero-order chi connectivity index (χ0) is 29.8. The van der Waals surface area contributed by atoms with E-state index in [1.807, 2.05) is 100 Å². The Balaban J connectivity index is 1.57. The highest BCUT2D eigenvalue weighted by Gasteiger charge is 2.51. The number of aryl methyl sites for hydroxylation is 2. The van der Waals surface area contributed by atoms with Crippen LogP contribution in [-0.4, -0.2) is 29.8 Å². The Morgan fingerprint density at radius 1 is 0.690 bits per heavy atom. The first-order valence-corrected chi connectivity index (χ1v) is 15.0. The maximum atomic E-state index is 14.3. The highest BCUT2D eigenvalue weighted by Crippen LogP contribution is 2.44. The summed E-state index contributed by atoms with van der Waals surface area (Å²) < 4.78 is 5.93. The van der Waals surface area contributed by atoms with Crippen LogP contribution in [0.4, 0.5) is 11.4 Å². The first kappa shape index (κ1) is 29.2. The third-order valence-electron chi connectivity index (χ3n) is 8.16. The molecule has 2 aliphatic heterocycles. The van der Waals surface area contributed by atoms with Crippen LogP contribution in [0.3, 0.4) is 0 Å². The largest absolute Gasteiger partial charge is 0.494 e. The fourth-order valence-electron chi connectivity index (χ4n) is 5.77. The van der Waals surface area contributed by atoms with E-state index in [2.05, 4.69) is 6.92 Å². The molecule has 7 nitrogen and oxygen atoms in total. The zero-order valence-corrected chi connectivity index (χ0v) is 25.2. The standard InChI is InChI=1S/C35H40N4O3/c1-6-9-22-42-28-20-14-25(15-21-28)31(32-29(7-2)36-38(34(32)40)26-16-10-23(4)11-17-26)33-30(8-3)37-39(35(33)41)27-18-12-24(5)13-19-27/h10-21,31-33H,6-9,22H2,1-5H3. The number of nitrogens with zero attached hydrogens (tertiary/aromatic N) is 4. The van der Waals surface area contributed by atoms with Gasteiger partial charge in [0, 0.05) is 5.92 Å². The van der Waals surface area contributed by atoms with Crippen LogP contribution in [0.2, 0.25) is 0 Å². The van der Waals surface area contributed by atoms with Crippen LogP contribution in [-0.2, 0) is 9.59 Å². The maximum Gasteiger partial charge on any atom is 0.256 e. The number of hydrazone groups is 2. The van der Waals surface area contributed by atoms with Crippen molar-refractivity contribution in [3.63, 3.8) is 0 Å². The maximum absolute atomic E-state index is 14.3. The van der Waals surface area contributed by atoms with Gasteiger partial charge in [0.2, 0.25) is 0 Å². The molecule has 2 amide bonds. The van der Waals surface area contributed by atoms with Crippen molar-refractivity contribution in [1.82, 2.24) is 0 Å². The van der Waals surface area contributed by atoms with Crippen molar-refractivity contribution in [3.05, 3.63) is 89.5 Å². The molecule has 218 valence electrons. The predicted molar refractivity (Wildman–Crippen MR) is 169 cm³/mol. The molecule has 0 saturated carbocycles. The van der Waals surface area contributed by atoms with E-state index in [4.69, 9.17) is 14.9 Å². The van der Waals surface area contributed by atoms with E-state index in [0.717, 1.165) is 58.1 Å².